The van der Waals surface area contributed by atoms with E-state index in [0.29, 0.717) is 18.4 Å². The Morgan fingerprint density at radius 1 is 1.20 bits per heavy atom. The van der Waals surface area contributed by atoms with Gasteiger partial charge in [-0.05, 0) is 67.2 Å². The topological polar surface area (TPSA) is 20.3 Å². The van der Waals surface area contributed by atoms with Crippen LogP contribution >= 0.6 is 11.3 Å². The van der Waals surface area contributed by atoms with Gasteiger partial charge in [-0.25, -0.2) is 0 Å². The highest BCUT2D eigenvalue weighted by atomic mass is 32.1. The zero-order chi connectivity index (χ0) is 13.7. The summed E-state index contributed by atoms with van der Waals surface area (Å²) in [6, 6.07) is 4.65. The molecule has 0 spiro atoms. The Labute approximate surface area is 125 Å². The van der Waals surface area contributed by atoms with Gasteiger partial charge in [0.2, 0.25) is 5.91 Å². The fraction of sp³-hybridized carbons (Fsp3) is 0.706. The van der Waals surface area contributed by atoms with E-state index < -0.39 is 0 Å². The lowest BCUT2D eigenvalue weighted by Gasteiger charge is -2.56. The minimum atomic E-state index is 0.324. The van der Waals surface area contributed by atoms with Crippen LogP contribution in [0.1, 0.15) is 37.0 Å². The number of carbonyl (C=O) groups excluding carboxylic acids is 1. The molecule has 4 aliphatic carbocycles. The molecule has 0 aromatic carbocycles. The highest BCUT2D eigenvalue weighted by Crippen LogP contribution is 2.54. The first-order valence-corrected chi connectivity index (χ1v) is 8.86. The van der Waals surface area contributed by atoms with Crippen LogP contribution in [0.15, 0.2) is 17.5 Å². The molecule has 4 fully saturated rings. The molecule has 0 aliphatic heterocycles. The summed E-state index contributed by atoms with van der Waals surface area (Å²) in [4.78, 5) is 15.9. The van der Waals surface area contributed by atoms with Crippen LogP contribution in [0.25, 0.3) is 0 Å². The lowest BCUT2D eigenvalue weighted by molar-refractivity contribution is -0.140. The largest absolute Gasteiger partial charge is 0.342 e. The Morgan fingerprint density at radius 2 is 1.85 bits per heavy atom. The van der Waals surface area contributed by atoms with E-state index in [1.54, 1.807) is 11.3 Å². The molecule has 1 heterocycles. The lowest BCUT2D eigenvalue weighted by Crippen LogP contribution is -2.56. The number of rotatable bonds is 3. The first-order chi connectivity index (χ1) is 9.70. The second-order valence-electron chi connectivity index (χ2n) is 7.18. The van der Waals surface area contributed by atoms with Gasteiger partial charge in [-0.1, -0.05) is 6.07 Å². The van der Waals surface area contributed by atoms with Gasteiger partial charge in [-0.15, -0.1) is 11.3 Å². The summed E-state index contributed by atoms with van der Waals surface area (Å²) in [5.41, 5.74) is 0. The van der Waals surface area contributed by atoms with Crippen molar-refractivity contribution >= 4 is 17.2 Å². The van der Waals surface area contributed by atoms with Gasteiger partial charge in [0, 0.05) is 18.0 Å². The standard InChI is InChI=1S/C17H23NOS/c1-18(16(19)10-15-3-2-4-20-15)17-13-6-11-5-12(8-13)9-14(17)7-11/h2-4,11-14,17H,5-10H2,1H3. The highest BCUT2D eigenvalue weighted by Gasteiger charge is 2.50. The second kappa shape index (κ2) is 4.87. The summed E-state index contributed by atoms with van der Waals surface area (Å²) in [6.07, 6.45) is 7.61. The Kier molecular flexibility index (Phi) is 3.13. The van der Waals surface area contributed by atoms with Gasteiger partial charge in [0.15, 0.2) is 0 Å². The van der Waals surface area contributed by atoms with Crippen LogP contribution in [-0.2, 0) is 11.2 Å². The molecule has 3 heteroatoms. The quantitative estimate of drug-likeness (QED) is 0.833. The summed E-state index contributed by atoms with van der Waals surface area (Å²) < 4.78 is 0. The molecule has 0 saturated heterocycles. The summed E-state index contributed by atoms with van der Waals surface area (Å²) in [5, 5.41) is 2.06. The normalized spacial score (nSPS) is 38.1. The van der Waals surface area contributed by atoms with Gasteiger partial charge >= 0.3 is 0 Å². The van der Waals surface area contributed by atoms with Gasteiger partial charge in [0.1, 0.15) is 0 Å². The van der Waals surface area contributed by atoms with Crippen LogP contribution < -0.4 is 0 Å². The average molecular weight is 289 g/mol. The molecule has 4 saturated carbocycles. The zero-order valence-corrected chi connectivity index (χ0v) is 12.9. The van der Waals surface area contributed by atoms with Crippen molar-refractivity contribution in [2.45, 2.75) is 44.6 Å². The fourth-order valence-electron chi connectivity index (χ4n) is 5.38. The molecule has 1 aromatic rings. The summed E-state index contributed by atoms with van der Waals surface area (Å²) >= 11 is 1.70. The molecule has 4 bridgehead atoms. The lowest BCUT2D eigenvalue weighted by atomic mass is 9.54. The minimum absolute atomic E-state index is 0.324. The molecule has 1 aromatic heterocycles. The first kappa shape index (κ1) is 12.9. The van der Waals surface area contributed by atoms with Crippen LogP contribution in [0.5, 0.6) is 0 Å². The van der Waals surface area contributed by atoms with Crippen LogP contribution in [-0.4, -0.2) is 23.9 Å². The molecule has 5 rings (SSSR count). The van der Waals surface area contributed by atoms with Crippen molar-refractivity contribution in [2.75, 3.05) is 7.05 Å². The SMILES string of the molecule is CN(C(=O)Cc1cccs1)C1C2CC3CC(C2)CC1C3. The molecular weight excluding hydrogens is 266 g/mol. The number of carbonyl (C=O) groups is 1. The predicted octanol–water partition coefficient (Wildman–Crippen LogP) is 3.57. The summed E-state index contributed by atoms with van der Waals surface area (Å²) in [6.45, 7) is 0. The third-order valence-electron chi connectivity index (χ3n) is 5.92. The first-order valence-electron chi connectivity index (χ1n) is 7.98. The molecule has 1 amide bonds. The number of hydrogen-bond acceptors (Lipinski definition) is 2. The van der Waals surface area contributed by atoms with E-state index in [1.807, 2.05) is 6.07 Å². The molecule has 0 atom stereocenters. The van der Waals surface area contributed by atoms with Crippen molar-refractivity contribution in [1.29, 1.82) is 0 Å². The van der Waals surface area contributed by atoms with Crippen molar-refractivity contribution in [3.05, 3.63) is 22.4 Å². The van der Waals surface area contributed by atoms with Gasteiger partial charge in [0.25, 0.3) is 0 Å². The predicted molar refractivity (Wildman–Crippen MR) is 81.6 cm³/mol. The Bertz CT molecular complexity index is 467. The second-order valence-corrected chi connectivity index (χ2v) is 8.21. The molecule has 20 heavy (non-hydrogen) atoms. The molecular formula is C17H23NOS. The van der Waals surface area contributed by atoms with Gasteiger partial charge in [0.05, 0.1) is 6.42 Å². The Morgan fingerprint density at radius 3 is 2.40 bits per heavy atom. The molecule has 0 radical (unpaired) electrons. The van der Waals surface area contributed by atoms with Gasteiger partial charge in [-0.2, -0.15) is 0 Å². The molecule has 4 aliphatic rings. The van der Waals surface area contributed by atoms with E-state index in [2.05, 4.69) is 23.4 Å². The monoisotopic (exact) mass is 289 g/mol. The van der Waals surface area contributed by atoms with E-state index >= 15 is 0 Å². The summed E-state index contributed by atoms with van der Waals surface area (Å²) in [7, 11) is 2.06. The average Bonchev–Trinajstić information content (AvgIpc) is 2.90. The number of likely N-dealkylation sites (N-methyl/N-ethyl adjacent to an activating group) is 1. The van der Waals surface area contributed by atoms with Crippen LogP contribution in [0, 0.1) is 23.7 Å². The van der Waals surface area contributed by atoms with Crippen LogP contribution in [0.3, 0.4) is 0 Å². The van der Waals surface area contributed by atoms with E-state index in [9.17, 15) is 4.79 Å². The Hall–Kier alpha value is -0.830. The van der Waals surface area contributed by atoms with E-state index in [4.69, 9.17) is 0 Å². The number of thiophene rings is 1. The third kappa shape index (κ3) is 2.11. The number of amides is 1. The van der Waals surface area contributed by atoms with Crippen molar-refractivity contribution in [2.24, 2.45) is 23.7 Å². The van der Waals surface area contributed by atoms with Gasteiger partial charge < -0.3 is 4.90 Å². The van der Waals surface area contributed by atoms with E-state index in [1.165, 1.54) is 37.0 Å². The zero-order valence-electron chi connectivity index (χ0n) is 12.1. The van der Waals surface area contributed by atoms with Crippen LogP contribution in [0.2, 0.25) is 0 Å². The highest BCUT2D eigenvalue weighted by molar-refractivity contribution is 7.10. The maximum atomic E-state index is 12.6. The van der Waals surface area contributed by atoms with Crippen molar-refractivity contribution in [3.63, 3.8) is 0 Å². The van der Waals surface area contributed by atoms with Crippen molar-refractivity contribution in [3.8, 4) is 0 Å². The molecule has 0 N–H and O–H groups in total. The van der Waals surface area contributed by atoms with Crippen molar-refractivity contribution < 1.29 is 4.79 Å². The maximum Gasteiger partial charge on any atom is 0.227 e. The van der Waals surface area contributed by atoms with E-state index in [0.717, 1.165) is 23.7 Å². The maximum absolute atomic E-state index is 12.6. The van der Waals surface area contributed by atoms with Crippen molar-refractivity contribution in [1.82, 2.24) is 4.90 Å². The smallest absolute Gasteiger partial charge is 0.227 e. The summed E-state index contributed by atoms with van der Waals surface area (Å²) in [5.74, 6) is 3.88. The molecule has 2 nitrogen and oxygen atoms in total. The minimum Gasteiger partial charge on any atom is -0.342 e. The van der Waals surface area contributed by atoms with Crippen LogP contribution in [0.4, 0.5) is 0 Å². The molecule has 108 valence electrons. The fourth-order valence-corrected chi connectivity index (χ4v) is 6.08. The Balaban J connectivity index is 1.48. The third-order valence-corrected chi connectivity index (χ3v) is 6.80. The van der Waals surface area contributed by atoms with Gasteiger partial charge in [-0.3, -0.25) is 4.79 Å². The number of nitrogens with zero attached hydrogens (tertiary/aromatic N) is 1. The molecule has 0 unspecified atom stereocenters. The van der Waals surface area contributed by atoms with E-state index in [-0.39, 0.29) is 0 Å². The number of hydrogen-bond donors (Lipinski definition) is 0.